The van der Waals surface area contributed by atoms with Gasteiger partial charge in [0.15, 0.2) is 0 Å². The van der Waals surface area contributed by atoms with Gasteiger partial charge in [0.2, 0.25) is 0 Å². The third-order valence-electron chi connectivity index (χ3n) is 4.73. The summed E-state index contributed by atoms with van der Waals surface area (Å²) in [6.45, 7) is 0. The first kappa shape index (κ1) is 12.6. The van der Waals surface area contributed by atoms with E-state index in [2.05, 4.69) is 59.9 Å². The highest BCUT2D eigenvalue weighted by molar-refractivity contribution is 5.27. The van der Waals surface area contributed by atoms with Crippen LogP contribution in [0.2, 0.25) is 0 Å². The molecule has 1 aliphatic carbocycles. The number of rotatable bonds is 3. The number of aromatic nitrogens is 2. The van der Waals surface area contributed by atoms with Crippen molar-refractivity contribution in [3.8, 4) is 0 Å². The van der Waals surface area contributed by atoms with Crippen molar-refractivity contribution in [1.29, 1.82) is 0 Å². The molecule has 0 N–H and O–H groups in total. The minimum absolute atomic E-state index is 0.556. The lowest BCUT2D eigenvalue weighted by molar-refractivity contribution is 0.315. The van der Waals surface area contributed by atoms with Gasteiger partial charge in [0, 0.05) is 43.8 Å². The molecule has 0 spiro atoms. The zero-order valence-corrected chi connectivity index (χ0v) is 12.0. The lowest BCUT2D eigenvalue weighted by Crippen LogP contribution is -2.21. The van der Waals surface area contributed by atoms with E-state index in [0.717, 1.165) is 5.92 Å². The van der Waals surface area contributed by atoms with Gasteiger partial charge in [-0.15, -0.1) is 0 Å². The van der Waals surface area contributed by atoms with Crippen LogP contribution in [-0.4, -0.2) is 9.13 Å². The molecule has 2 nitrogen and oxygen atoms in total. The minimum atomic E-state index is 0.556. The van der Waals surface area contributed by atoms with Crippen LogP contribution in [0.3, 0.4) is 0 Å². The quantitative estimate of drug-likeness (QED) is 0.783. The molecule has 0 radical (unpaired) electrons. The highest BCUT2D eigenvalue weighted by Gasteiger charge is 2.29. The molecule has 0 aromatic carbocycles. The Kier molecular flexibility index (Phi) is 3.50. The first-order chi connectivity index (χ1) is 9.27. The lowest BCUT2D eigenvalue weighted by atomic mass is 9.77. The molecular formula is C17H24N2. The maximum Gasteiger partial charge on any atom is 0.0423 e. The van der Waals surface area contributed by atoms with E-state index in [4.69, 9.17) is 0 Å². The maximum absolute atomic E-state index is 2.30. The van der Waals surface area contributed by atoms with Gasteiger partial charge < -0.3 is 9.13 Å². The largest absolute Gasteiger partial charge is 0.354 e. The summed E-state index contributed by atoms with van der Waals surface area (Å²) in [5.74, 6) is 1.36. The van der Waals surface area contributed by atoms with Gasteiger partial charge in [-0.1, -0.05) is 19.3 Å². The Morgan fingerprint density at radius 2 is 1.42 bits per heavy atom. The van der Waals surface area contributed by atoms with Crippen LogP contribution in [0.5, 0.6) is 0 Å². The standard InChI is InChI=1S/C17H24N2/c1-18-12-6-10-15(18)17(14-8-4-3-5-9-14)16-11-7-13-19(16)2/h6-7,10-14,17H,3-5,8-9H2,1-2H3. The van der Waals surface area contributed by atoms with Crippen LogP contribution in [0.15, 0.2) is 36.7 Å². The molecule has 2 heterocycles. The van der Waals surface area contributed by atoms with Crippen LogP contribution in [0.1, 0.15) is 49.4 Å². The molecule has 2 aromatic heterocycles. The zero-order chi connectivity index (χ0) is 13.2. The van der Waals surface area contributed by atoms with E-state index in [1.165, 1.54) is 43.5 Å². The Morgan fingerprint density at radius 1 is 0.895 bits per heavy atom. The van der Waals surface area contributed by atoms with Gasteiger partial charge in [0.25, 0.3) is 0 Å². The van der Waals surface area contributed by atoms with Gasteiger partial charge in [-0.2, -0.15) is 0 Å². The Labute approximate surface area is 116 Å². The highest BCUT2D eigenvalue weighted by Crippen LogP contribution is 2.40. The summed E-state index contributed by atoms with van der Waals surface area (Å²) in [7, 11) is 4.35. The normalized spacial score (nSPS) is 17.2. The Bertz CT molecular complexity index is 489. The van der Waals surface area contributed by atoms with Gasteiger partial charge in [-0.05, 0) is 43.0 Å². The first-order valence-corrected chi connectivity index (χ1v) is 7.50. The SMILES string of the molecule is Cn1cccc1C(c1cccn1C)C1CCCCC1. The average molecular weight is 256 g/mol. The predicted molar refractivity (Wildman–Crippen MR) is 79.2 cm³/mol. The van der Waals surface area contributed by atoms with E-state index in [0.29, 0.717) is 5.92 Å². The molecule has 3 rings (SSSR count). The summed E-state index contributed by atoms with van der Waals surface area (Å²) in [4.78, 5) is 0. The molecule has 1 fully saturated rings. The Balaban J connectivity index is 2.00. The van der Waals surface area contributed by atoms with E-state index in [1.54, 1.807) is 0 Å². The van der Waals surface area contributed by atoms with Gasteiger partial charge in [0.05, 0.1) is 0 Å². The summed E-state index contributed by atoms with van der Waals surface area (Å²) in [5.41, 5.74) is 2.93. The molecule has 19 heavy (non-hydrogen) atoms. The zero-order valence-electron chi connectivity index (χ0n) is 12.0. The summed E-state index contributed by atoms with van der Waals surface area (Å²) in [6, 6.07) is 8.95. The fourth-order valence-electron chi connectivity index (χ4n) is 3.70. The summed E-state index contributed by atoms with van der Waals surface area (Å²) >= 11 is 0. The van der Waals surface area contributed by atoms with E-state index in [9.17, 15) is 0 Å². The molecule has 2 aromatic rings. The van der Waals surface area contributed by atoms with Crippen molar-refractivity contribution in [2.75, 3.05) is 0 Å². The molecule has 0 amide bonds. The molecule has 102 valence electrons. The number of hydrogen-bond acceptors (Lipinski definition) is 0. The summed E-state index contributed by atoms with van der Waals surface area (Å²) < 4.78 is 4.60. The molecule has 0 bridgehead atoms. The van der Waals surface area contributed by atoms with Crippen molar-refractivity contribution in [3.05, 3.63) is 48.0 Å². The first-order valence-electron chi connectivity index (χ1n) is 7.50. The monoisotopic (exact) mass is 256 g/mol. The molecule has 0 unspecified atom stereocenters. The summed E-state index contributed by atoms with van der Waals surface area (Å²) in [5, 5.41) is 0. The van der Waals surface area contributed by atoms with Gasteiger partial charge in [-0.3, -0.25) is 0 Å². The van der Waals surface area contributed by atoms with Crippen LogP contribution >= 0.6 is 0 Å². The van der Waals surface area contributed by atoms with Crippen molar-refractivity contribution in [3.63, 3.8) is 0 Å². The molecule has 1 saturated carbocycles. The van der Waals surface area contributed by atoms with E-state index >= 15 is 0 Å². The van der Waals surface area contributed by atoms with Crippen molar-refractivity contribution in [2.45, 2.75) is 38.0 Å². The molecule has 1 aliphatic rings. The number of hydrogen-bond donors (Lipinski definition) is 0. The molecule has 0 aliphatic heterocycles. The van der Waals surface area contributed by atoms with Gasteiger partial charge in [-0.25, -0.2) is 0 Å². The summed E-state index contributed by atoms with van der Waals surface area (Å²) in [6.07, 6.45) is 11.3. The second-order valence-electron chi connectivity index (χ2n) is 5.96. The third kappa shape index (κ3) is 2.36. The lowest BCUT2D eigenvalue weighted by Gasteiger charge is -2.31. The van der Waals surface area contributed by atoms with Crippen molar-refractivity contribution >= 4 is 0 Å². The van der Waals surface area contributed by atoms with Crippen LogP contribution < -0.4 is 0 Å². The topological polar surface area (TPSA) is 9.86 Å². The van der Waals surface area contributed by atoms with Crippen LogP contribution in [0.4, 0.5) is 0 Å². The van der Waals surface area contributed by atoms with Crippen LogP contribution in [0, 0.1) is 5.92 Å². The second-order valence-corrected chi connectivity index (χ2v) is 5.96. The van der Waals surface area contributed by atoms with Gasteiger partial charge in [0.1, 0.15) is 0 Å². The van der Waals surface area contributed by atoms with Crippen LogP contribution in [0.25, 0.3) is 0 Å². The van der Waals surface area contributed by atoms with Crippen molar-refractivity contribution < 1.29 is 0 Å². The van der Waals surface area contributed by atoms with E-state index < -0.39 is 0 Å². The van der Waals surface area contributed by atoms with Crippen molar-refractivity contribution in [2.24, 2.45) is 20.0 Å². The Hall–Kier alpha value is -1.44. The molecule has 0 saturated heterocycles. The second kappa shape index (κ2) is 5.28. The van der Waals surface area contributed by atoms with Crippen LogP contribution in [-0.2, 0) is 14.1 Å². The number of nitrogens with zero attached hydrogens (tertiary/aromatic N) is 2. The predicted octanol–water partition coefficient (Wildman–Crippen LogP) is 4.08. The number of aryl methyl sites for hydroxylation is 2. The van der Waals surface area contributed by atoms with E-state index in [-0.39, 0.29) is 0 Å². The van der Waals surface area contributed by atoms with Gasteiger partial charge >= 0.3 is 0 Å². The maximum atomic E-state index is 2.30. The minimum Gasteiger partial charge on any atom is -0.354 e. The molecular weight excluding hydrogens is 232 g/mol. The smallest absolute Gasteiger partial charge is 0.0423 e. The molecule has 2 heteroatoms. The van der Waals surface area contributed by atoms with E-state index in [1.807, 2.05) is 0 Å². The van der Waals surface area contributed by atoms with Crippen molar-refractivity contribution in [1.82, 2.24) is 9.13 Å². The Morgan fingerprint density at radius 3 is 1.84 bits per heavy atom. The highest BCUT2D eigenvalue weighted by atomic mass is 15.0. The third-order valence-corrected chi connectivity index (χ3v) is 4.73. The molecule has 0 atom stereocenters. The average Bonchev–Trinajstić information content (AvgIpc) is 3.02. The fourth-order valence-corrected chi connectivity index (χ4v) is 3.70. The fraction of sp³-hybridized carbons (Fsp3) is 0.529.